The fourth-order valence-corrected chi connectivity index (χ4v) is 2.41. The van der Waals surface area contributed by atoms with E-state index in [0.717, 1.165) is 17.7 Å². The highest BCUT2D eigenvalue weighted by atomic mass is 35.5. The molecule has 1 atom stereocenters. The lowest BCUT2D eigenvalue weighted by Gasteiger charge is -2.12. The van der Waals surface area contributed by atoms with Gasteiger partial charge < -0.3 is 10.6 Å². The van der Waals surface area contributed by atoms with Crippen LogP contribution in [0.15, 0.2) is 36.4 Å². The number of anilines is 1. The highest BCUT2D eigenvalue weighted by Gasteiger charge is 2.14. The van der Waals surface area contributed by atoms with E-state index in [1.165, 1.54) is 6.07 Å². The third kappa shape index (κ3) is 4.74. The van der Waals surface area contributed by atoms with Gasteiger partial charge in [-0.05, 0) is 55.8 Å². The number of hydrogen-bond donors (Lipinski definition) is 2. The van der Waals surface area contributed by atoms with Crippen LogP contribution in [-0.4, -0.2) is 12.5 Å². The topological polar surface area (TPSA) is 45.7 Å². The van der Waals surface area contributed by atoms with E-state index in [9.17, 15) is 13.6 Å². The van der Waals surface area contributed by atoms with Gasteiger partial charge in [-0.1, -0.05) is 11.6 Å². The van der Waals surface area contributed by atoms with E-state index in [4.69, 9.17) is 11.6 Å². The molecule has 0 saturated heterocycles. The summed E-state index contributed by atoms with van der Waals surface area (Å²) in [6.07, 6.45) is 0. The van der Waals surface area contributed by atoms with E-state index in [1.54, 1.807) is 23.5 Å². The SMILES string of the molecule is Cc1cc(Cl)ccc1NC(=O)C[NH2+][C@H](C)c1ccc(F)c(F)c1. The molecule has 0 bridgehead atoms. The van der Waals surface area contributed by atoms with Crippen LogP contribution in [0, 0.1) is 18.6 Å². The molecule has 0 radical (unpaired) electrons. The second kappa shape index (κ2) is 7.53. The van der Waals surface area contributed by atoms with Crippen LogP contribution in [-0.2, 0) is 4.79 Å². The van der Waals surface area contributed by atoms with Crippen molar-refractivity contribution in [2.45, 2.75) is 19.9 Å². The maximum absolute atomic E-state index is 13.2. The summed E-state index contributed by atoms with van der Waals surface area (Å²) in [6, 6.07) is 8.81. The van der Waals surface area contributed by atoms with Gasteiger partial charge >= 0.3 is 0 Å². The molecule has 0 aliphatic rings. The summed E-state index contributed by atoms with van der Waals surface area (Å²) in [5.74, 6) is -1.94. The molecule has 6 heteroatoms. The maximum Gasteiger partial charge on any atom is 0.279 e. The molecule has 0 aliphatic carbocycles. The zero-order chi connectivity index (χ0) is 17.0. The molecule has 0 aliphatic heterocycles. The van der Waals surface area contributed by atoms with Gasteiger partial charge in [-0.2, -0.15) is 0 Å². The number of halogens is 3. The van der Waals surface area contributed by atoms with Gasteiger partial charge in [0.2, 0.25) is 0 Å². The van der Waals surface area contributed by atoms with Crippen molar-refractivity contribution in [3.05, 3.63) is 64.2 Å². The second-order valence-electron chi connectivity index (χ2n) is 5.41. The molecule has 0 fully saturated rings. The number of rotatable bonds is 5. The zero-order valence-electron chi connectivity index (χ0n) is 12.9. The Kier molecular flexibility index (Phi) is 5.69. The average molecular weight is 340 g/mol. The Morgan fingerprint density at radius 1 is 1.22 bits per heavy atom. The Balaban J connectivity index is 1.91. The number of aryl methyl sites for hydroxylation is 1. The van der Waals surface area contributed by atoms with Gasteiger partial charge in [-0.25, -0.2) is 8.78 Å². The first-order valence-electron chi connectivity index (χ1n) is 7.21. The van der Waals surface area contributed by atoms with E-state index < -0.39 is 11.6 Å². The minimum atomic E-state index is -0.885. The number of amides is 1. The molecule has 1 amide bonds. The molecule has 2 rings (SSSR count). The summed E-state index contributed by atoms with van der Waals surface area (Å²) in [4.78, 5) is 12.0. The van der Waals surface area contributed by atoms with E-state index in [1.807, 2.05) is 13.8 Å². The molecule has 0 aromatic heterocycles. The number of carbonyl (C=O) groups excluding carboxylic acids is 1. The number of nitrogens with one attached hydrogen (secondary N) is 1. The Labute approximate surface area is 138 Å². The Morgan fingerprint density at radius 3 is 2.61 bits per heavy atom. The first kappa shape index (κ1) is 17.4. The summed E-state index contributed by atoms with van der Waals surface area (Å²) in [6.45, 7) is 3.85. The quantitative estimate of drug-likeness (QED) is 0.863. The lowest BCUT2D eigenvalue weighted by molar-refractivity contribution is -0.682. The third-order valence-corrected chi connectivity index (χ3v) is 3.82. The minimum absolute atomic E-state index is 0.165. The first-order chi connectivity index (χ1) is 10.9. The molecule has 2 aromatic carbocycles. The molecular weight excluding hydrogens is 322 g/mol. The summed E-state index contributed by atoms with van der Waals surface area (Å²) < 4.78 is 26.1. The number of benzene rings is 2. The van der Waals surface area contributed by atoms with Crippen molar-refractivity contribution in [2.75, 3.05) is 11.9 Å². The fourth-order valence-electron chi connectivity index (χ4n) is 2.18. The number of carbonyl (C=O) groups is 1. The molecule has 3 N–H and O–H groups in total. The predicted molar refractivity (Wildman–Crippen MR) is 86.4 cm³/mol. The number of hydrogen-bond acceptors (Lipinski definition) is 1. The van der Waals surface area contributed by atoms with E-state index in [0.29, 0.717) is 16.3 Å². The molecule has 0 spiro atoms. The lowest BCUT2D eigenvalue weighted by Crippen LogP contribution is -2.86. The van der Waals surface area contributed by atoms with Crippen LogP contribution >= 0.6 is 11.6 Å². The van der Waals surface area contributed by atoms with Gasteiger partial charge in [0.15, 0.2) is 18.2 Å². The highest BCUT2D eigenvalue weighted by molar-refractivity contribution is 6.30. The largest absolute Gasteiger partial charge is 0.333 e. The maximum atomic E-state index is 13.2. The van der Waals surface area contributed by atoms with Gasteiger partial charge in [-0.3, -0.25) is 4.79 Å². The Bertz CT molecular complexity index is 722. The third-order valence-electron chi connectivity index (χ3n) is 3.59. The first-order valence-corrected chi connectivity index (χ1v) is 7.59. The van der Waals surface area contributed by atoms with Crippen molar-refractivity contribution in [2.24, 2.45) is 0 Å². The minimum Gasteiger partial charge on any atom is -0.333 e. The van der Waals surface area contributed by atoms with Crippen LogP contribution in [0.4, 0.5) is 14.5 Å². The van der Waals surface area contributed by atoms with Crippen molar-refractivity contribution >= 4 is 23.2 Å². The average Bonchev–Trinajstić information content (AvgIpc) is 2.50. The number of nitrogens with two attached hydrogens (primary N) is 1. The normalized spacial score (nSPS) is 12.0. The molecule has 122 valence electrons. The van der Waals surface area contributed by atoms with Crippen molar-refractivity contribution in [1.29, 1.82) is 0 Å². The zero-order valence-corrected chi connectivity index (χ0v) is 13.6. The lowest BCUT2D eigenvalue weighted by atomic mass is 10.1. The van der Waals surface area contributed by atoms with Crippen LogP contribution in [0.3, 0.4) is 0 Å². The summed E-state index contributed by atoms with van der Waals surface area (Å²) >= 11 is 5.87. The molecule has 23 heavy (non-hydrogen) atoms. The highest BCUT2D eigenvalue weighted by Crippen LogP contribution is 2.19. The van der Waals surface area contributed by atoms with Gasteiger partial charge in [0.05, 0.1) is 0 Å². The Hall–Kier alpha value is -1.98. The van der Waals surface area contributed by atoms with Crippen molar-refractivity contribution in [1.82, 2.24) is 0 Å². The standard InChI is InChI=1S/C17H17ClF2N2O/c1-10-7-13(18)4-6-16(10)22-17(23)9-21-11(2)12-3-5-14(19)15(20)8-12/h3-8,11,21H,9H2,1-2H3,(H,22,23)/p+1/t11-/m1/s1. The van der Waals surface area contributed by atoms with Crippen LogP contribution in [0.1, 0.15) is 24.1 Å². The monoisotopic (exact) mass is 339 g/mol. The van der Waals surface area contributed by atoms with Gasteiger partial charge in [-0.15, -0.1) is 0 Å². The summed E-state index contributed by atoms with van der Waals surface area (Å²) in [5.41, 5.74) is 2.20. The fraction of sp³-hybridized carbons (Fsp3) is 0.235. The van der Waals surface area contributed by atoms with Gasteiger partial charge in [0.25, 0.3) is 5.91 Å². The van der Waals surface area contributed by atoms with E-state index in [-0.39, 0.29) is 18.5 Å². The molecule has 3 nitrogen and oxygen atoms in total. The molecule has 0 unspecified atom stereocenters. The van der Waals surface area contributed by atoms with Crippen LogP contribution in [0.25, 0.3) is 0 Å². The molecule has 2 aromatic rings. The van der Waals surface area contributed by atoms with Crippen LogP contribution in [0.2, 0.25) is 5.02 Å². The second-order valence-corrected chi connectivity index (χ2v) is 5.85. The molecular formula is C17H18ClF2N2O+. The van der Waals surface area contributed by atoms with E-state index >= 15 is 0 Å². The van der Waals surface area contributed by atoms with Gasteiger partial charge in [0.1, 0.15) is 6.04 Å². The van der Waals surface area contributed by atoms with Crippen molar-refractivity contribution in [3.63, 3.8) is 0 Å². The molecule has 0 heterocycles. The Morgan fingerprint density at radius 2 is 1.96 bits per heavy atom. The molecule has 0 saturated carbocycles. The van der Waals surface area contributed by atoms with Crippen LogP contribution in [0.5, 0.6) is 0 Å². The van der Waals surface area contributed by atoms with Gasteiger partial charge in [0, 0.05) is 16.3 Å². The van der Waals surface area contributed by atoms with E-state index in [2.05, 4.69) is 5.32 Å². The summed E-state index contributed by atoms with van der Waals surface area (Å²) in [7, 11) is 0. The van der Waals surface area contributed by atoms with Crippen molar-refractivity contribution < 1.29 is 18.9 Å². The smallest absolute Gasteiger partial charge is 0.279 e. The summed E-state index contributed by atoms with van der Waals surface area (Å²) in [5, 5.41) is 5.17. The number of quaternary nitrogens is 1. The van der Waals surface area contributed by atoms with Crippen molar-refractivity contribution in [3.8, 4) is 0 Å². The predicted octanol–water partition coefficient (Wildman–Crippen LogP) is 3.19. The van der Waals surface area contributed by atoms with Crippen LogP contribution < -0.4 is 10.6 Å².